The maximum absolute atomic E-state index is 16.9. The fraction of sp³-hybridized carbons (Fsp3) is 0.278. The molecule has 0 saturated carbocycles. The normalized spacial score (nSPS) is 15.3. The number of likely N-dealkylation sites (tertiary alicyclic amines) is 1. The lowest BCUT2D eigenvalue weighted by Crippen LogP contribution is -2.49. The summed E-state index contributed by atoms with van der Waals surface area (Å²) in [6.07, 6.45) is 1.01. The molecule has 0 bridgehead atoms. The number of hydrogen-bond donors (Lipinski definition) is 0. The Hall–Kier alpha value is -4.89. The monoisotopic (exact) mass is 607 g/mol. The summed E-state index contributed by atoms with van der Waals surface area (Å²) in [6.45, 7) is 4.71. The van der Waals surface area contributed by atoms with Crippen molar-refractivity contribution >= 4 is 16.9 Å². The molecule has 4 aromatic carbocycles. The topological polar surface area (TPSA) is 75.1 Å². The van der Waals surface area contributed by atoms with Gasteiger partial charge in [-0.05, 0) is 48.7 Å². The van der Waals surface area contributed by atoms with Gasteiger partial charge in [0, 0.05) is 18.7 Å². The van der Waals surface area contributed by atoms with Gasteiger partial charge in [0.2, 0.25) is 11.5 Å². The minimum atomic E-state index is -0.618. The van der Waals surface area contributed by atoms with E-state index < -0.39 is 11.4 Å². The Kier molecular flexibility index (Phi) is 7.63. The first-order valence-corrected chi connectivity index (χ1v) is 15.1. The van der Waals surface area contributed by atoms with Gasteiger partial charge in [0.15, 0.2) is 11.6 Å². The van der Waals surface area contributed by atoms with Gasteiger partial charge < -0.3 is 28.4 Å². The average molecular weight is 608 g/mol. The van der Waals surface area contributed by atoms with E-state index in [1.54, 1.807) is 12.1 Å². The Morgan fingerprint density at radius 3 is 2.11 bits per heavy atom. The van der Waals surface area contributed by atoms with Gasteiger partial charge in [0.25, 0.3) is 5.91 Å². The smallest absolute Gasteiger partial charge is 0.253 e. The molecule has 0 N–H and O–H groups in total. The summed E-state index contributed by atoms with van der Waals surface area (Å²) in [7, 11) is 1.52. The molecule has 8 nitrogen and oxygen atoms in total. The molecule has 2 saturated heterocycles. The highest BCUT2D eigenvalue weighted by Crippen LogP contribution is 2.47. The lowest BCUT2D eigenvalue weighted by Gasteiger charge is -2.41. The number of ether oxygens (including phenoxy) is 4. The molecule has 0 aliphatic carbocycles. The summed E-state index contributed by atoms with van der Waals surface area (Å²) < 4.78 is 42.7. The zero-order valence-electron chi connectivity index (χ0n) is 25.3. The molecule has 0 radical (unpaired) electrons. The highest BCUT2D eigenvalue weighted by Gasteiger charge is 2.40. The van der Waals surface area contributed by atoms with Crippen molar-refractivity contribution in [1.29, 1.82) is 0 Å². The van der Waals surface area contributed by atoms with Crippen molar-refractivity contribution in [3.8, 4) is 28.6 Å². The molecule has 3 heterocycles. The number of aromatic nitrogens is 2. The predicted molar refractivity (Wildman–Crippen MR) is 168 cm³/mol. The highest BCUT2D eigenvalue weighted by molar-refractivity contribution is 5.98. The van der Waals surface area contributed by atoms with E-state index in [-0.39, 0.29) is 36.2 Å². The van der Waals surface area contributed by atoms with E-state index in [4.69, 9.17) is 23.9 Å². The number of hydrogen-bond acceptors (Lipinski definition) is 6. The van der Waals surface area contributed by atoms with Crippen molar-refractivity contribution in [3.63, 3.8) is 0 Å². The van der Waals surface area contributed by atoms with Gasteiger partial charge in [0.05, 0.1) is 42.5 Å². The third-order valence-corrected chi connectivity index (χ3v) is 8.46. The van der Waals surface area contributed by atoms with Crippen LogP contribution in [-0.2, 0) is 23.5 Å². The van der Waals surface area contributed by atoms with Crippen molar-refractivity contribution < 1.29 is 28.1 Å². The van der Waals surface area contributed by atoms with Crippen LogP contribution in [0, 0.1) is 5.82 Å². The summed E-state index contributed by atoms with van der Waals surface area (Å²) in [5.74, 6) is 0.170. The summed E-state index contributed by atoms with van der Waals surface area (Å²) in [6, 6.07) is 26.3. The second-order valence-corrected chi connectivity index (χ2v) is 11.8. The van der Waals surface area contributed by atoms with Gasteiger partial charge >= 0.3 is 0 Å². The zero-order chi connectivity index (χ0) is 31.0. The standard InChI is InChI=1S/C36H34FN3O5/c1-36(22-43-23-36)40-29-18-26(35(41)39-16-9-17-39)14-15-28(29)38-34(40)27-19-30(42-2)32(44-20-24-10-5-3-6-11-24)33(31(27)37)45-21-25-12-7-4-8-13-25/h3-8,10-15,18-19H,9,16-17,20-23H2,1-2H3. The minimum absolute atomic E-state index is 0.0168. The largest absolute Gasteiger partial charge is 0.493 e. The first-order chi connectivity index (χ1) is 21.9. The Morgan fingerprint density at radius 1 is 0.911 bits per heavy atom. The van der Waals surface area contributed by atoms with Gasteiger partial charge in [-0.3, -0.25) is 4.79 Å². The molecule has 230 valence electrons. The van der Waals surface area contributed by atoms with Crippen molar-refractivity contribution in [3.05, 3.63) is 107 Å². The van der Waals surface area contributed by atoms with Crippen LogP contribution < -0.4 is 14.2 Å². The van der Waals surface area contributed by atoms with Crippen LogP contribution in [-0.4, -0.2) is 53.8 Å². The molecule has 0 spiro atoms. The number of methoxy groups -OCH3 is 1. The van der Waals surface area contributed by atoms with Crippen LogP contribution in [0.25, 0.3) is 22.4 Å². The van der Waals surface area contributed by atoms with Crippen LogP contribution in [0.15, 0.2) is 84.9 Å². The number of amides is 1. The third-order valence-electron chi connectivity index (χ3n) is 8.46. The number of rotatable bonds is 10. The maximum Gasteiger partial charge on any atom is 0.253 e. The van der Waals surface area contributed by atoms with Crippen LogP contribution in [0.3, 0.4) is 0 Å². The summed E-state index contributed by atoms with van der Waals surface area (Å²) in [4.78, 5) is 19.9. The quantitative estimate of drug-likeness (QED) is 0.178. The van der Waals surface area contributed by atoms with E-state index in [1.807, 2.05) is 89.2 Å². The van der Waals surface area contributed by atoms with Gasteiger partial charge in [-0.15, -0.1) is 0 Å². The third kappa shape index (κ3) is 5.37. The van der Waals surface area contributed by atoms with Crippen molar-refractivity contribution in [2.45, 2.75) is 32.1 Å². The van der Waals surface area contributed by atoms with Gasteiger partial charge in [-0.2, -0.15) is 0 Å². The number of benzene rings is 4. The molecule has 2 aliphatic heterocycles. The molecule has 0 unspecified atom stereocenters. The van der Waals surface area contributed by atoms with E-state index in [2.05, 4.69) is 0 Å². The van der Waals surface area contributed by atoms with E-state index in [0.717, 1.165) is 36.2 Å². The second-order valence-electron chi connectivity index (χ2n) is 11.8. The summed E-state index contributed by atoms with van der Waals surface area (Å²) >= 11 is 0. The SMILES string of the molecule is COc1cc(-c2nc3ccc(C(=O)N4CCC4)cc3n2C2(C)COC2)c(F)c(OCc2ccccc2)c1OCc1ccccc1. The molecular formula is C36H34FN3O5. The lowest BCUT2D eigenvalue weighted by molar-refractivity contribution is -0.0868. The summed E-state index contributed by atoms with van der Waals surface area (Å²) in [5, 5.41) is 0. The van der Waals surface area contributed by atoms with Crippen LogP contribution in [0.5, 0.6) is 17.2 Å². The predicted octanol–water partition coefficient (Wildman–Crippen LogP) is 6.60. The molecule has 0 atom stereocenters. The maximum atomic E-state index is 16.9. The van der Waals surface area contributed by atoms with Crippen molar-refractivity contribution in [1.82, 2.24) is 14.5 Å². The van der Waals surface area contributed by atoms with E-state index in [0.29, 0.717) is 35.9 Å². The Balaban J connectivity index is 1.37. The minimum Gasteiger partial charge on any atom is -0.493 e. The van der Waals surface area contributed by atoms with Gasteiger partial charge in [0.1, 0.15) is 19.0 Å². The number of carbonyl (C=O) groups excluding carboxylic acids is 1. The van der Waals surface area contributed by atoms with E-state index >= 15 is 4.39 Å². The number of halogens is 1. The molecule has 9 heteroatoms. The molecule has 1 aromatic heterocycles. The Bertz CT molecular complexity index is 1850. The number of imidazole rings is 1. The molecule has 2 fully saturated rings. The molecule has 5 aromatic rings. The second kappa shape index (κ2) is 11.9. The van der Waals surface area contributed by atoms with E-state index in [9.17, 15) is 4.79 Å². The number of nitrogens with zero attached hydrogens (tertiary/aromatic N) is 3. The summed E-state index contributed by atoms with van der Waals surface area (Å²) in [5.41, 5.74) is 3.44. The van der Waals surface area contributed by atoms with Gasteiger partial charge in [-0.1, -0.05) is 60.7 Å². The fourth-order valence-corrected chi connectivity index (χ4v) is 5.80. The van der Waals surface area contributed by atoms with Gasteiger partial charge in [-0.25, -0.2) is 9.37 Å². The van der Waals surface area contributed by atoms with Crippen LogP contribution in [0.1, 0.15) is 34.8 Å². The van der Waals surface area contributed by atoms with E-state index in [1.165, 1.54) is 7.11 Å². The van der Waals surface area contributed by atoms with Crippen LogP contribution in [0.4, 0.5) is 4.39 Å². The fourth-order valence-electron chi connectivity index (χ4n) is 5.80. The lowest BCUT2D eigenvalue weighted by atomic mass is 9.98. The molecule has 7 rings (SSSR count). The highest BCUT2D eigenvalue weighted by atomic mass is 19.1. The van der Waals surface area contributed by atoms with Crippen molar-refractivity contribution in [2.75, 3.05) is 33.4 Å². The average Bonchev–Trinajstić information content (AvgIpc) is 3.41. The zero-order valence-corrected chi connectivity index (χ0v) is 25.3. The number of carbonyl (C=O) groups is 1. The van der Waals surface area contributed by atoms with Crippen LogP contribution in [0.2, 0.25) is 0 Å². The first kappa shape index (κ1) is 28.9. The molecular weight excluding hydrogens is 573 g/mol. The number of fused-ring (bicyclic) bond motifs is 1. The molecule has 1 amide bonds. The Morgan fingerprint density at radius 2 is 1.56 bits per heavy atom. The molecule has 2 aliphatic rings. The molecule has 45 heavy (non-hydrogen) atoms. The van der Waals surface area contributed by atoms with Crippen LogP contribution >= 0.6 is 0 Å². The van der Waals surface area contributed by atoms with Crippen molar-refractivity contribution in [2.24, 2.45) is 0 Å². The first-order valence-electron chi connectivity index (χ1n) is 15.1. The Labute approximate surface area is 260 Å².